The van der Waals surface area contributed by atoms with Crippen LogP contribution in [0.4, 0.5) is 13.2 Å². The van der Waals surface area contributed by atoms with Gasteiger partial charge in [0.2, 0.25) is 0 Å². The van der Waals surface area contributed by atoms with E-state index < -0.39 is 39.3 Å². The molecule has 1 aliphatic carbocycles. The maximum Gasteiger partial charge on any atom is 0.534 e. The molecule has 2 aliphatic rings. The number of carboxylic acid groups (broad SMARTS) is 1. The maximum atomic E-state index is 12.9. The molecule has 0 saturated carbocycles. The van der Waals surface area contributed by atoms with Gasteiger partial charge in [-0.2, -0.15) is 21.6 Å². The Morgan fingerprint density at radius 2 is 1.79 bits per heavy atom. The lowest BCUT2D eigenvalue weighted by Crippen LogP contribution is -2.35. The van der Waals surface area contributed by atoms with Crippen LogP contribution >= 0.6 is 0 Å². The van der Waals surface area contributed by atoms with Crippen LogP contribution in [0.2, 0.25) is 0 Å². The fourth-order valence-corrected chi connectivity index (χ4v) is 5.02. The van der Waals surface area contributed by atoms with Crippen molar-refractivity contribution < 1.29 is 40.4 Å². The van der Waals surface area contributed by atoms with Crippen molar-refractivity contribution in [2.24, 2.45) is 17.8 Å². The first-order valence-corrected chi connectivity index (χ1v) is 12.8. The lowest BCUT2D eigenvalue weighted by Gasteiger charge is -2.33. The highest BCUT2D eigenvalue weighted by Crippen LogP contribution is 2.40. The number of carboxylic acids is 1. The van der Waals surface area contributed by atoms with Gasteiger partial charge in [0.1, 0.15) is 18.1 Å². The van der Waals surface area contributed by atoms with E-state index >= 15 is 0 Å². The normalized spacial score (nSPS) is 24.4. The van der Waals surface area contributed by atoms with E-state index in [9.17, 15) is 31.5 Å². The molecule has 0 bridgehead atoms. The minimum atomic E-state index is -5.85. The number of alkyl halides is 3. The van der Waals surface area contributed by atoms with Crippen LogP contribution in [0.15, 0.2) is 36.1 Å². The maximum absolute atomic E-state index is 12.9. The number of aliphatic carboxylic acids is 1. The first kappa shape index (κ1) is 26.3. The third-order valence-electron chi connectivity index (χ3n) is 6.52. The lowest BCUT2D eigenvalue weighted by molar-refractivity contribution is -0.144. The molecule has 34 heavy (non-hydrogen) atoms. The summed E-state index contributed by atoms with van der Waals surface area (Å²) < 4.78 is 72.0. The van der Waals surface area contributed by atoms with E-state index in [1.807, 2.05) is 0 Å². The highest BCUT2D eigenvalue weighted by atomic mass is 32.2. The fraction of sp³-hybridized carbons (Fsp3) is 0.609. The van der Waals surface area contributed by atoms with E-state index in [-0.39, 0.29) is 18.6 Å². The number of halogens is 3. The third kappa shape index (κ3) is 6.65. The van der Waals surface area contributed by atoms with E-state index in [0.717, 1.165) is 25.7 Å². The summed E-state index contributed by atoms with van der Waals surface area (Å²) in [6, 6.07) is 6.96. The van der Waals surface area contributed by atoms with Gasteiger partial charge in [-0.05, 0) is 68.5 Å². The molecule has 11 heteroatoms. The number of rotatable bonds is 9. The quantitative estimate of drug-likeness (QED) is 0.397. The summed E-state index contributed by atoms with van der Waals surface area (Å²) >= 11 is 0. The summed E-state index contributed by atoms with van der Waals surface area (Å²) in [7, 11) is -5.85. The molecule has 0 aromatic heterocycles. The summed E-state index contributed by atoms with van der Waals surface area (Å²) in [5.74, 6) is -3.16. The van der Waals surface area contributed by atoms with Gasteiger partial charge in [-0.1, -0.05) is 25.5 Å². The number of hydrogen-bond acceptors (Lipinski definition) is 6. The summed E-state index contributed by atoms with van der Waals surface area (Å²) in [4.78, 5) is 13.9. The topological polar surface area (TPSA) is 93.1 Å². The molecule has 0 spiro atoms. The molecule has 1 aromatic carbocycles. The largest absolute Gasteiger partial charge is 0.534 e. The van der Waals surface area contributed by atoms with Gasteiger partial charge in [-0.25, -0.2) is 0 Å². The smallest absolute Gasteiger partial charge is 0.492 e. The van der Waals surface area contributed by atoms with Crippen LogP contribution in [-0.4, -0.2) is 56.1 Å². The van der Waals surface area contributed by atoms with E-state index in [1.54, 1.807) is 31.2 Å². The number of ether oxygens (including phenoxy) is 1. The van der Waals surface area contributed by atoms with Gasteiger partial charge in [0.05, 0.1) is 5.92 Å². The Hall–Kier alpha value is -2.27. The lowest BCUT2D eigenvalue weighted by atomic mass is 9.73. The van der Waals surface area contributed by atoms with Gasteiger partial charge < -0.3 is 14.0 Å². The summed E-state index contributed by atoms with van der Waals surface area (Å²) in [6.07, 6.45) is 4.81. The van der Waals surface area contributed by atoms with E-state index in [1.165, 1.54) is 19.3 Å². The zero-order valence-corrected chi connectivity index (χ0v) is 19.8. The molecule has 3 atom stereocenters. The highest BCUT2D eigenvalue weighted by Gasteiger charge is 2.50. The molecule has 1 N–H and O–H groups in total. The van der Waals surface area contributed by atoms with E-state index in [4.69, 9.17) is 4.74 Å². The van der Waals surface area contributed by atoms with Gasteiger partial charge in [0.15, 0.2) is 0 Å². The summed E-state index contributed by atoms with van der Waals surface area (Å²) in [6.45, 7) is 5.09. The minimum absolute atomic E-state index is 0.112. The molecule has 190 valence electrons. The van der Waals surface area contributed by atoms with Crippen LogP contribution in [0, 0.1) is 17.8 Å². The molecule has 1 aliphatic heterocycles. The predicted octanol–water partition coefficient (Wildman–Crippen LogP) is 4.20. The van der Waals surface area contributed by atoms with Gasteiger partial charge >= 0.3 is 21.6 Å². The molecule has 0 amide bonds. The zero-order chi connectivity index (χ0) is 24.9. The molecule has 3 unspecified atom stereocenters. The molecule has 1 saturated heterocycles. The van der Waals surface area contributed by atoms with Crippen molar-refractivity contribution in [1.82, 2.24) is 4.90 Å². The Morgan fingerprint density at radius 3 is 2.38 bits per heavy atom. The SMILES string of the molecule is CC1C(C(=O)O)CC=C(OS(=O)(=O)C(F)(F)F)C1Cc1ccc(OCCN2CCCCC2)cc1. The molecular weight excluding hydrogens is 475 g/mol. The van der Waals surface area contributed by atoms with Crippen molar-refractivity contribution >= 4 is 16.1 Å². The van der Waals surface area contributed by atoms with Crippen LogP contribution in [-0.2, 0) is 25.5 Å². The second-order valence-corrected chi connectivity index (χ2v) is 10.4. The van der Waals surface area contributed by atoms with Crippen LogP contribution in [0.5, 0.6) is 5.75 Å². The standard InChI is InChI=1S/C23H30F3NO6S/c1-16-19(22(28)29)9-10-21(33-34(30,31)23(24,25)26)20(16)15-17-5-7-18(8-6-17)32-14-13-27-11-3-2-4-12-27/h5-8,10,16,19-20H,2-4,9,11-15H2,1H3,(H,28,29). The third-order valence-corrected chi connectivity index (χ3v) is 7.50. The van der Waals surface area contributed by atoms with Crippen LogP contribution in [0.1, 0.15) is 38.2 Å². The predicted molar refractivity (Wildman–Crippen MR) is 118 cm³/mol. The van der Waals surface area contributed by atoms with Crippen LogP contribution in [0.3, 0.4) is 0 Å². The molecule has 3 rings (SSSR count). The number of nitrogens with zero attached hydrogens (tertiary/aromatic N) is 1. The second kappa shape index (κ2) is 11.0. The zero-order valence-electron chi connectivity index (χ0n) is 19.0. The average molecular weight is 506 g/mol. The van der Waals surface area contributed by atoms with Gasteiger partial charge in [-0.15, -0.1) is 0 Å². The Kier molecular flexibility index (Phi) is 8.51. The van der Waals surface area contributed by atoms with Gasteiger partial charge in [-0.3, -0.25) is 9.69 Å². The van der Waals surface area contributed by atoms with Crippen molar-refractivity contribution in [2.75, 3.05) is 26.2 Å². The molecule has 7 nitrogen and oxygen atoms in total. The number of piperidine rings is 1. The first-order chi connectivity index (χ1) is 16.0. The van der Waals surface area contributed by atoms with Gasteiger partial charge in [0.25, 0.3) is 0 Å². The van der Waals surface area contributed by atoms with Crippen molar-refractivity contribution in [1.29, 1.82) is 0 Å². The highest BCUT2D eigenvalue weighted by molar-refractivity contribution is 7.87. The van der Waals surface area contributed by atoms with Crippen molar-refractivity contribution in [3.8, 4) is 5.75 Å². The number of likely N-dealkylation sites (tertiary alicyclic amines) is 1. The Morgan fingerprint density at radius 1 is 1.15 bits per heavy atom. The molecule has 1 aromatic rings. The molecule has 1 fully saturated rings. The molecular formula is C23H30F3NO6S. The number of carbonyl (C=O) groups is 1. The average Bonchev–Trinajstić information content (AvgIpc) is 2.77. The van der Waals surface area contributed by atoms with E-state index in [0.29, 0.717) is 17.9 Å². The number of allylic oxidation sites excluding steroid dienone is 2. The Labute approximate surface area is 197 Å². The summed E-state index contributed by atoms with van der Waals surface area (Å²) in [5.41, 5.74) is -4.87. The van der Waals surface area contributed by atoms with Crippen molar-refractivity contribution in [2.45, 2.75) is 44.5 Å². The minimum Gasteiger partial charge on any atom is -0.492 e. The van der Waals surface area contributed by atoms with Crippen LogP contribution < -0.4 is 4.74 Å². The second-order valence-electron chi connectivity index (χ2n) is 8.83. The monoisotopic (exact) mass is 505 g/mol. The Bertz CT molecular complexity index is 971. The number of hydrogen-bond donors (Lipinski definition) is 1. The van der Waals surface area contributed by atoms with Crippen LogP contribution in [0.25, 0.3) is 0 Å². The van der Waals surface area contributed by atoms with Gasteiger partial charge in [0, 0.05) is 12.5 Å². The van der Waals surface area contributed by atoms with E-state index in [2.05, 4.69) is 9.08 Å². The molecule has 1 heterocycles. The Balaban J connectivity index is 1.67. The summed E-state index contributed by atoms with van der Waals surface area (Å²) in [5, 5.41) is 9.47. The first-order valence-electron chi connectivity index (χ1n) is 11.4. The number of benzene rings is 1. The van der Waals surface area contributed by atoms with Crippen molar-refractivity contribution in [3.05, 3.63) is 41.7 Å². The molecule has 0 radical (unpaired) electrons. The van der Waals surface area contributed by atoms with Crippen molar-refractivity contribution in [3.63, 3.8) is 0 Å². The fourth-order valence-electron chi connectivity index (χ4n) is 4.48.